The Morgan fingerprint density at radius 3 is 2.08 bits per heavy atom. The zero-order chi connectivity index (χ0) is 8.77. The summed E-state index contributed by atoms with van der Waals surface area (Å²) in [5.74, 6) is 2.84. The van der Waals surface area contributed by atoms with Crippen LogP contribution in [0, 0.1) is 17.8 Å². The molecule has 0 radical (unpaired) electrons. The van der Waals surface area contributed by atoms with E-state index in [0.717, 1.165) is 17.8 Å². The predicted octanol–water partition coefficient (Wildman–Crippen LogP) is 3.83. The summed E-state index contributed by atoms with van der Waals surface area (Å²) in [6.07, 6.45) is 6.84. The number of hydrogen-bond acceptors (Lipinski definition) is 0. The molecule has 0 spiro atoms. The lowest BCUT2D eigenvalue weighted by Gasteiger charge is -2.44. The second-order valence-corrected chi connectivity index (χ2v) is 6.28. The average Bonchev–Trinajstić information content (AvgIpc) is 1.78. The third kappa shape index (κ3) is 1.79. The number of alkyl halides is 1. The van der Waals surface area contributed by atoms with Crippen molar-refractivity contribution in [3.8, 4) is 0 Å². The third-order valence-electron chi connectivity index (χ3n) is 3.57. The maximum atomic E-state index is 6.42. The molecule has 2 aliphatic carbocycles. The smallest absolute Gasteiger partial charge is 0.0424 e. The Morgan fingerprint density at radius 2 is 1.58 bits per heavy atom. The summed E-state index contributed by atoms with van der Waals surface area (Å²) in [7, 11) is 0. The highest BCUT2D eigenvalue weighted by molar-refractivity contribution is 6.23. The third-order valence-corrected chi connectivity index (χ3v) is 3.88. The topological polar surface area (TPSA) is 0 Å². The van der Waals surface area contributed by atoms with Gasteiger partial charge in [0.2, 0.25) is 0 Å². The fraction of sp³-hybridized carbons (Fsp3) is 1.00. The maximum absolute atomic E-state index is 6.42. The number of fused-ring (bicyclic) bond motifs is 2. The van der Waals surface area contributed by atoms with Gasteiger partial charge >= 0.3 is 0 Å². The van der Waals surface area contributed by atoms with Crippen molar-refractivity contribution in [3.05, 3.63) is 0 Å². The molecule has 2 bridgehead atoms. The number of hydrogen-bond donors (Lipinski definition) is 0. The summed E-state index contributed by atoms with van der Waals surface area (Å²) in [6, 6.07) is 0. The van der Waals surface area contributed by atoms with Crippen LogP contribution >= 0.6 is 11.6 Å². The Balaban J connectivity index is 2.06. The fourth-order valence-corrected chi connectivity index (χ4v) is 3.96. The quantitative estimate of drug-likeness (QED) is 0.505. The molecule has 0 aromatic rings. The Labute approximate surface area is 80.7 Å². The zero-order valence-electron chi connectivity index (χ0n) is 8.15. The van der Waals surface area contributed by atoms with Gasteiger partial charge in [0.05, 0.1) is 0 Å². The van der Waals surface area contributed by atoms with Gasteiger partial charge in [-0.15, -0.1) is 11.6 Å². The summed E-state index contributed by atoms with van der Waals surface area (Å²) in [4.78, 5) is 0.133. The Hall–Kier alpha value is 0.290. The molecule has 2 unspecified atom stereocenters. The lowest BCUT2D eigenvalue weighted by atomic mass is 9.65. The van der Waals surface area contributed by atoms with Gasteiger partial charge < -0.3 is 0 Å². The van der Waals surface area contributed by atoms with Crippen LogP contribution in [0.4, 0.5) is 0 Å². The molecule has 2 aliphatic rings. The van der Waals surface area contributed by atoms with E-state index in [9.17, 15) is 0 Å². The second kappa shape index (κ2) is 2.90. The molecule has 2 saturated carbocycles. The van der Waals surface area contributed by atoms with E-state index < -0.39 is 0 Å². The first kappa shape index (κ1) is 8.87. The molecule has 0 aliphatic heterocycles. The van der Waals surface area contributed by atoms with Crippen LogP contribution in [-0.4, -0.2) is 4.87 Å². The van der Waals surface area contributed by atoms with Crippen LogP contribution in [0.15, 0.2) is 0 Å². The molecule has 70 valence electrons. The summed E-state index contributed by atoms with van der Waals surface area (Å²) < 4.78 is 0. The summed E-state index contributed by atoms with van der Waals surface area (Å²) in [6.45, 7) is 4.62. The van der Waals surface area contributed by atoms with E-state index in [1.807, 2.05) is 0 Å². The van der Waals surface area contributed by atoms with Gasteiger partial charge in [-0.25, -0.2) is 0 Å². The Bertz CT molecular complexity index is 154. The maximum Gasteiger partial charge on any atom is 0.0424 e. The molecule has 2 fully saturated rings. The first-order valence-electron chi connectivity index (χ1n) is 5.24. The van der Waals surface area contributed by atoms with E-state index in [2.05, 4.69) is 13.8 Å². The standard InChI is InChI=1S/C11H19Cl/c1-8-3-9-5-10(4-8)7-11(2,12)6-9/h8-10H,3-7H2,1-2H3. The van der Waals surface area contributed by atoms with Crippen molar-refractivity contribution in [1.82, 2.24) is 0 Å². The highest BCUT2D eigenvalue weighted by Crippen LogP contribution is 2.48. The van der Waals surface area contributed by atoms with Crippen molar-refractivity contribution in [3.63, 3.8) is 0 Å². The largest absolute Gasteiger partial charge is 0.120 e. The minimum Gasteiger partial charge on any atom is -0.120 e. The van der Waals surface area contributed by atoms with Gasteiger partial charge in [0.15, 0.2) is 0 Å². The molecule has 0 amide bonds. The van der Waals surface area contributed by atoms with E-state index >= 15 is 0 Å². The van der Waals surface area contributed by atoms with Gasteiger partial charge in [0.1, 0.15) is 0 Å². The first-order valence-corrected chi connectivity index (χ1v) is 5.62. The molecule has 0 aromatic heterocycles. The highest BCUT2D eigenvalue weighted by Gasteiger charge is 2.39. The van der Waals surface area contributed by atoms with Crippen molar-refractivity contribution in [1.29, 1.82) is 0 Å². The summed E-state index contributed by atoms with van der Waals surface area (Å²) in [5, 5.41) is 0. The van der Waals surface area contributed by atoms with Gasteiger partial charge in [-0.2, -0.15) is 0 Å². The molecule has 0 nitrogen and oxygen atoms in total. The molecule has 0 N–H and O–H groups in total. The second-order valence-electron chi connectivity index (χ2n) is 5.37. The fourth-order valence-electron chi connectivity index (χ4n) is 3.52. The van der Waals surface area contributed by atoms with E-state index in [1.54, 1.807) is 0 Å². The van der Waals surface area contributed by atoms with Crippen LogP contribution in [0.2, 0.25) is 0 Å². The first-order chi connectivity index (χ1) is 5.55. The molecule has 0 heterocycles. The van der Waals surface area contributed by atoms with E-state index in [-0.39, 0.29) is 4.87 Å². The molecular formula is C11H19Cl. The normalized spacial score (nSPS) is 53.8. The van der Waals surface area contributed by atoms with Gasteiger partial charge in [0, 0.05) is 4.87 Å². The predicted molar refractivity (Wildman–Crippen MR) is 53.5 cm³/mol. The minimum absolute atomic E-state index is 0.133. The lowest BCUT2D eigenvalue weighted by molar-refractivity contribution is 0.122. The van der Waals surface area contributed by atoms with Crippen molar-refractivity contribution in [2.75, 3.05) is 0 Å². The lowest BCUT2D eigenvalue weighted by Crippen LogP contribution is -2.36. The van der Waals surface area contributed by atoms with Gasteiger partial charge in [-0.05, 0) is 56.8 Å². The molecule has 2 atom stereocenters. The van der Waals surface area contributed by atoms with Crippen molar-refractivity contribution in [2.24, 2.45) is 17.8 Å². The summed E-state index contributed by atoms with van der Waals surface area (Å²) in [5.41, 5.74) is 0. The van der Waals surface area contributed by atoms with Crippen LogP contribution in [-0.2, 0) is 0 Å². The Kier molecular flexibility index (Phi) is 2.15. The van der Waals surface area contributed by atoms with Crippen LogP contribution in [0.3, 0.4) is 0 Å². The number of rotatable bonds is 0. The van der Waals surface area contributed by atoms with E-state index in [4.69, 9.17) is 11.6 Å². The molecule has 0 saturated heterocycles. The molecule has 12 heavy (non-hydrogen) atoms. The van der Waals surface area contributed by atoms with Crippen molar-refractivity contribution in [2.45, 2.75) is 50.8 Å². The van der Waals surface area contributed by atoms with Gasteiger partial charge in [-0.3, -0.25) is 0 Å². The van der Waals surface area contributed by atoms with Crippen molar-refractivity contribution < 1.29 is 0 Å². The highest BCUT2D eigenvalue weighted by atomic mass is 35.5. The van der Waals surface area contributed by atoms with Crippen LogP contribution in [0.25, 0.3) is 0 Å². The zero-order valence-corrected chi connectivity index (χ0v) is 8.90. The molecule has 2 rings (SSSR count). The number of halogens is 1. The molecule has 0 aromatic carbocycles. The monoisotopic (exact) mass is 186 g/mol. The SMILES string of the molecule is CC1CC2CC(C1)CC(C)(Cl)C2. The van der Waals surface area contributed by atoms with E-state index in [1.165, 1.54) is 32.1 Å². The van der Waals surface area contributed by atoms with Crippen LogP contribution in [0.5, 0.6) is 0 Å². The van der Waals surface area contributed by atoms with Gasteiger partial charge in [0.25, 0.3) is 0 Å². The minimum atomic E-state index is 0.133. The van der Waals surface area contributed by atoms with Crippen LogP contribution in [0.1, 0.15) is 46.0 Å². The Morgan fingerprint density at radius 1 is 1.08 bits per heavy atom. The molecule has 1 heteroatoms. The van der Waals surface area contributed by atoms with Crippen LogP contribution < -0.4 is 0 Å². The van der Waals surface area contributed by atoms with E-state index in [0.29, 0.717) is 0 Å². The molecular weight excluding hydrogens is 168 g/mol. The summed E-state index contributed by atoms with van der Waals surface area (Å²) >= 11 is 6.42. The average molecular weight is 187 g/mol. The van der Waals surface area contributed by atoms with Gasteiger partial charge in [-0.1, -0.05) is 6.92 Å². The van der Waals surface area contributed by atoms with Crippen molar-refractivity contribution >= 4 is 11.6 Å².